The molecule has 2 aromatic heterocycles. The Bertz CT molecular complexity index is 732. The summed E-state index contributed by atoms with van der Waals surface area (Å²) in [5.41, 5.74) is 8.63. The van der Waals surface area contributed by atoms with Crippen LogP contribution >= 0.6 is 0 Å². The van der Waals surface area contributed by atoms with Crippen molar-refractivity contribution < 1.29 is 0 Å². The molecule has 0 amide bonds. The molecule has 3 aromatic rings. The molecule has 2 heterocycles. The van der Waals surface area contributed by atoms with E-state index in [1.807, 2.05) is 54.3 Å². The van der Waals surface area contributed by atoms with E-state index >= 15 is 0 Å². The van der Waals surface area contributed by atoms with E-state index in [0.717, 1.165) is 35.5 Å². The molecule has 0 bridgehead atoms. The number of hydrogen-bond acceptors (Lipinski definition) is 4. The lowest BCUT2D eigenvalue weighted by Gasteiger charge is -2.07. The van der Waals surface area contributed by atoms with Gasteiger partial charge in [-0.2, -0.15) is 5.10 Å². The number of aryl methyl sites for hydroxylation is 1. The van der Waals surface area contributed by atoms with Crippen molar-refractivity contribution in [1.29, 1.82) is 0 Å². The van der Waals surface area contributed by atoms with Gasteiger partial charge in [-0.3, -0.25) is 4.68 Å². The summed E-state index contributed by atoms with van der Waals surface area (Å²) in [6.45, 7) is 3.64. The molecule has 0 radical (unpaired) electrons. The summed E-state index contributed by atoms with van der Waals surface area (Å²) in [7, 11) is 0. The van der Waals surface area contributed by atoms with E-state index in [0.29, 0.717) is 0 Å². The van der Waals surface area contributed by atoms with Crippen molar-refractivity contribution in [3.63, 3.8) is 0 Å². The first-order valence-electron chi connectivity index (χ1n) is 6.60. The van der Waals surface area contributed by atoms with Crippen LogP contribution < -0.4 is 11.1 Å². The number of fused-ring (bicyclic) bond motifs is 1. The lowest BCUT2D eigenvalue weighted by Crippen LogP contribution is -2.11. The van der Waals surface area contributed by atoms with Crippen LogP contribution in [0.3, 0.4) is 0 Å². The summed E-state index contributed by atoms with van der Waals surface area (Å²) >= 11 is 0. The van der Waals surface area contributed by atoms with Crippen molar-refractivity contribution in [2.45, 2.75) is 13.5 Å². The van der Waals surface area contributed by atoms with Crippen LogP contribution in [-0.4, -0.2) is 21.3 Å². The zero-order chi connectivity index (χ0) is 13.9. The van der Waals surface area contributed by atoms with Gasteiger partial charge in [-0.05, 0) is 42.8 Å². The lowest BCUT2D eigenvalue weighted by molar-refractivity contribution is 0.637. The smallest absolute Gasteiger partial charge is 0.126 e. The van der Waals surface area contributed by atoms with Crippen LogP contribution in [-0.2, 0) is 6.54 Å². The summed E-state index contributed by atoms with van der Waals surface area (Å²) in [5.74, 6) is 0.867. The highest BCUT2D eigenvalue weighted by molar-refractivity contribution is 5.83. The van der Waals surface area contributed by atoms with E-state index in [1.54, 1.807) is 0 Å². The largest absolute Gasteiger partial charge is 0.399 e. The normalized spacial score (nSPS) is 10.8. The quantitative estimate of drug-likeness (QED) is 0.712. The van der Waals surface area contributed by atoms with E-state index < -0.39 is 0 Å². The van der Waals surface area contributed by atoms with Gasteiger partial charge >= 0.3 is 0 Å². The average Bonchev–Trinajstić information content (AvgIpc) is 2.85. The average molecular weight is 267 g/mol. The van der Waals surface area contributed by atoms with Crippen LogP contribution in [0.5, 0.6) is 0 Å². The van der Waals surface area contributed by atoms with Crippen molar-refractivity contribution in [2.75, 3.05) is 17.6 Å². The summed E-state index contributed by atoms with van der Waals surface area (Å²) in [6, 6.07) is 9.73. The molecule has 0 aliphatic rings. The molecule has 3 rings (SSSR count). The van der Waals surface area contributed by atoms with Gasteiger partial charge in [0.2, 0.25) is 0 Å². The molecule has 3 N–H and O–H groups in total. The number of rotatable bonds is 4. The van der Waals surface area contributed by atoms with E-state index in [-0.39, 0.29) is 0 Å². The minimum atomic E-state index is 0.758. The van der Waals surface area contributed by atoms with Gasteiger partial charge in [0.15, 0.2) is 0 Å². The maximum atomic E-state index is 5.76. The predicted molar refractivity (Wildman–Crippen MR) is 81.6 cm³/mol. The van der Waals surface area contributed by atoms with Crippen LogP contribution in [0.15, 0.2) is 42.7 Å². The maximum absolute atomic E-state index is 5.76. The number of nitrogens with two attached hydrogens (primary N) is 1. The lowest BCUT2D eigenvalue weighted by atomic mass is 10.2. The highest BCUT2D eigenvalue weighted by atomic mass is 15.3. The van der Waals surface area contributed by atoms with E-state index in [2.05, 4.69) is 15.4 Å². The molecule has 0 saturated heterocycles. The molecule has 1 aromatic carbocycles. The fraction of sp³-hybridized carbons (Fsp3) is 0.200. The Morgan fingerprint density at radius 3 is 2.95 bits per heavy atom. The highest BCUT2D eigenvalue weighted by Crippen LogP contribution is 2.17. The fourth-order valence-corrected chi connectivity index (χ4v) is 2.13. The molecule has 5 heteroatoms. The Morgan fingerprint density at radius 2 is 2.15 bits per heavy atom. The van der Waals surface area contributed by atoms with Gasteiger partial charge < -0.3 is 11.1 Å². The third-order valence-corrected chi connectivity index (χ3v) is 3.12. The molecule has 0 saturated carbocycles. The summed E-state index contributed by atoms with van der Waals surface area (Å²) in [6.07, 6.45) is 3.89. The standard InChI is InChI=1S/C15H17N5/c1-11-9-18-20(10-11)7-6-17-15-5-2-12-8-13(16)3-4-14(12)19-15/h2-5,8-10H,6-7,16H2,1H3,(H,17,19). The van der Waals surface area contributed by atoms with E-state index in [1.165, 1.54) is 5.56 Å². The molecule has 0 aliphatic heterocycles. The Balaban J connectivity index is 1.67. The maximum Gasteiger partial charge on any atom is 0.126 e. The van der Waals surface area contributed by atoms with Crippen LogP contribution in [0.25, 0.3) is 10.9 Å². The summed E-state index contributed by atoms with van der Waals surface area (Å²) in [4.78, 5) is 4.56. The van der Waals surface area contributed by atoms with Crippen molar-refractivity contribution >= 4 is 22.4 Å². The van der Waals surface area contributed by atoms with Crippen molar-refractivity contribution in [3.8, 4) is 0 Å². The highest BCUT2D eigenvalue weighted by Gasteiger charge is 1.99. The predicted octanol–water partition coefficient (Wildman–Crippen LogP) is 2.43. The zero-order valence-electron chi connectivity index (χ0n) is 11.4. The zero-order valence-corrected chi connectivity index (χ0v) is 11.4. The number of benzene rings is 1. The SMILES string of the molecule is Cc1cnn(CCNc2ccc3cc(N)ccc3n2)c1. The number of nitrogens with one attached hydrogen (secondary N) is 1. The first-order valence-corrected chi connectivity index (χ1v) is 6.60. The van der Waals surface area contributed by atoms with Gasteiger partial charge in [-0.25, -0.2) is 4.98 Å². The first-order chi connectivity index (χ1) is 9.70. The third-order valence-electron chi connectivity index (χ3n) is 3.12. The molecular weight excluding hydrogens is 250 g/mol. The number of hydrogen-bond donors (Lipinski definition) is 2. The van der Waals surface area contributed by atoms with Gasteiger partial charge in [0.1, 0.15) is 5.82 Å². The second-order valence-corrected chi connectivity index (χ2v) is 4.86. The minimum Gasteiger partial charge on any atom is -0.399 e. The van der Waals surface area contributed by atoms with E-state index in [4.69, 9.17) is 5.73 Å². The van der Waals surface area contributed by atoms with Crippen LogP contribution in [0.2, 0.25) is 0 Å². The van der Waals surface area contributed by atoms with Gasteiger partial charge in [0, 0.05) is 23.8 Å². The second kappa shape index (κ2) is 5.21. The Morgan fingerprint density at radius 1 is 1.25 bits per heavy atom. The number of pyridine rings is 1. The second-order valence-electron chi connectivity index (χ2n) is 4.86. The van der Waals surface area contributed by atoms with Crippen molar-refractivity contribution in [1.82, 2.24) is 14.8 Å². The van der Waals surface area contributed by atoms with Crippen LogP contribution in [0.1, 0.15) is 5.56 Å². The number of nitrogen functional groups attached to an aromatic ring is 1. The minimum absolute atomic E-state index is 0.758. The first kappa shape index (κ1) is 12.5. The van der Waals surface area contributed by atoms with Crippen LogP contribution in [0.4, 0.5) is 11.5 Å². The molecule has 0 fully saturated rings. The van der Waals surface area contributed by atoms with Gasteiger partial charge in [-0.15, -0.1) is 0 Å². The molecule has 0 atom stereocenters. The monoisotopic (exact) mass is 267 g/mol. The fourth-order valence-electron chi connectivity index (χ4n) is 2.13. The number of nitrogens with zero attached hydrogens (tertiary/aromatic N) is 3. The topological polar surface area (TPSA) is 68.8 Å². The Kier molecular flexibility index (Phi) is 3.25. The van der Waals surface area contributed by atoms with Crippen molar-refractivity contribution in [2.24, 2.45) is 0 Å². The molecule has 0 spiro atoms. The summed E-state index contributed by atoms with van der Waals surface area (Å²) < 4.78 is 1.92. The molecule has 0 aliphatic carbocycles. The summed E-state index contributed by atoms with van der Waals surface area (Å²) in [5, 5.41) is 8.61. The Labute approximate surface area is 117 Å². The van der Waals surface area contributed by atoms with Crippen LogP contribution in [0, 0.1) is 6.92 Å². The molecule has 102 valence electrons. The van der Waals surface area contributed by atoms with Crippen molar-refractivity contribution in [3.05, 3.63) is 48.3 Å². The molecule has 20 heavy (non-hydrogen) atoms. The van der Waals surface area contributed by atoms with E-state index in [9.17, 15) is 0 Å². The number of aromatic nitrogens is 3. The Hall–Kier alpha value is -2.56. The number of anilines is 2. The van der Waals surface area contributed by atoms with Gasteiger partial charge in [0.05, 0.1) is 18.3 Å². The molecular formula is C15H17N5. The van der Waals surface area contributed by atoms with Gasteiger partial charge in [0.25, 0.3) is 0 Å². The molecule has 5 nitrogen and oxygen atoms in total. The molecule has 0 unspecified atom stereocenters. The van der Waals surface area contributed by atoms with Gasteiger partial charge in [-0.1, -0.05) is 0 Å². The third kappa shape index (κ3) is 2.71.